The zero-order valence-corrected chi connectivity index (χ0v) is 17.5. The minimum Gasteiger partial charge on any atom is -0.456 e. The molecule has 0 radical (unpaired) electrons. The Balaban J connectivity index is 1.49. The number of nitrogens with zero attached hydrogens (tertiary/aromatic N) is 4. The number of benzene rings is 1. The Morgan fingerprint density at radius 1 is 1.21 bits per heavy atom. The van der Waals surface area contributed by atoms with E-state index in [4.69, 9.17) is 16.3 Å². The van der Waals surface area contributed by atoms with Crippen LogP contribution in [0.5, 0.6) is 0 Å². The van der Waals surface area contributed by atoms with E-state index < -0.39 is 5.97 Å². The maximum absolute atomic E-state index is 12.4. The van der Waals surface area contributed by atoms with Gasteiger partial charge in [0.05, 0.1) is 33.4 Å². The van der Waals surface area contributed by atoms with E-state index in [-0.39, 0.29) is 12.2 Å². The normalized spacial score (nSPS) is 11.2. The molecule has 9 heteroatoms. The number of carbonyl (C=O) groups is 1. The molecule has 29 heavy (non-hydrogen) atoms. The monoisotopic (exact) mass is 428 g/mol. The highest BCUT2D eigenvalue weighted by atomic mass is 35.5. The van der Waals surface area contributed by atoms with E-state index in [9.17, 15) is 9.59 Å². The number of ether oxygens (including phenoxy) is 1. The van der Waals surface area contributed by atoms with Gasteiger partial charge in [-0.15, -0.1) is 11.3 Å². The molecule has 0 bridgehead atoms. The second kappa shape index (κ2) is 7.46. The molecule has 0 saturated carbocycles. The predicted molar refractivity (Wildman–Crippen MR) is 111 cm³/mol. The summed E-state index contributed by atoms with van der Waals surface area (Å²) in [7, 11) is 0. The van der Waals surface area contributed by atoms with E-state index in [1.165, 1.54) is 21.8 Å². The third-order valence-corrected chi connectivity index (χ3v) is 6.02. The summed E-state index contributed by atoms with van der Waals surface area (Å²) < 4.78 is 8.58. The van der Waals surface area contributed by atoms with Crippen molar-refractivity contribution in [1.82, 2.24) is 19.2 Å². The average molecular weight is 429 g/mol. The zero-order chi connectivity index (χ0) is 20.7. The van der Waals surface area contributed by atoms with E-state index in [0.29, 0.717) is 21.2 Å². The lowest BCUT2D eigenvalue weighted by Gasteiger charge is -2.07. The lowest BCUT2D eigenvalue weighted by atomic mass is 10.2. The number of aromatic nitrogens is 4. The van der Waals surface area contributed by atoms with Gasteiger partial charge in [0.2, 0.25) is 0 Å². The van der Waals surface area contributed by atoms with Gasteiger partial charge in [0.25, 0.3) is 5.56 Å². The van der Waals surface area contributed by atoms with Crippen molar-refractivity contribution in [3.8, 4) is 5.69 Å². The highest BCUT2D eigenvalue weighted by Gasteiger charge is 2.13. The van der Waals surface area contributed by atoms with Crippen molar-refractivity contribution < 1.29 is 9.53 Å². The van der Waals surface area contributed by atoms with Crippen LogP contribution in [-0.4, -0.2) is 25.1 Å². The van der Waals surface area contributed by atoms with Gasteiger partial charge in [0.1, 0.15) is 6.61 Å². The van der Waals surface area contributed by atoms with Crippen LogP contribution in [0, 0.1) is 20.8 Å². The second-order valence-electron chi connectivity index (χ2n) is 6.60. The predicted octanol–water partition coefficient (Wildman–Crippen LogP) is 3.88. The molecule has 0 aliphatic heterocycles. The van der Waals surface area contributed by atoms with E-state index in [1.54, 1.807) is 28.9 Å². The highest BCUT2D eigenvalue weighted by molar-refractivity contribution is 7.15. The Morgan fingerprint density at radius 3 is 2.59 bits per heavy atom. The molecule has 0 N–H and O–H groups in total. The Kier molecular flexibility index (Phi) is 4.97. The molecule has 1 aromatic carbocycles. The summed E-state index contributed by atoms with van der Waals surface area (Å²) in [6.07, 6.45) is 0. The minimum atomic E-state index is -0.493. The standard InChI is InChI=1S/C20H17ClN4O3S/c1-11-10-29-20-22-15(8-17(26)24(11)20)9-28-19(27)14-4-6-16(7-5-14)25-13(3)18(21)12(2)23-25/h4-8,10H,9H2,1-3H3. The smallest absolute Gasteiger partial charge is 0.338 e. The van der Waals surface area contributed by atoms with Gasteiger partial charge < -0.3 is 4.74 Å². The fraction of sp³-hybridized carbons (Fsp3) is 0.200. The Bertz CT molecular complexity index is 1290. The van der Waals surface area contributed by atoms with Crippen LogP contribution in [0.15, 0.2) is 40.5 Å². The first-order valence-electron chi connectivity index (χ1n) is 8.81. The average Bonchev–Trinajstić information content (AvgIpc) is 3.21. The van der Waals surface area contributed by atoms with Gasteiger partial charge in [0.15, 0.2) is 4.96 Å². The molecule has 0 unspecified atom stereocenters. The molecule has 3 aromatic heterocycles. The van der Waals surface area contributed by atoms with Gasteiger partial charge >= 0.3 is 5.97 Å². The molecule has 0 aliphatic carbocycles. The summed E-state index contributed by atoms with van der Waals surface area (Å²) >= 11 is 7.56. The van der Waals surface area contributed by atoms with Crippen LogP contribution in [0.25, 0.3) is 10.6 Å². The molecule has 148 valence electrons. The van der Waals surface area contributed by atoms with Crippen molar-refractivity contribution in [1.29, 1.82) is 0 Å². The van der Waals surface area contributed by atoms with Crippen molar-refractivity contribution in [3.63, 3.8) is 0 Å². The lowest BCUT2D eigenvalue weighted by molar-refractivity contribution is 0.0468. The van der Waals surface area contributed by atoms with Crippen molar-refractivity contribution >= 4 is 33.9 Å². The van der Waals surface area contributed by atoms with Crippen LogP contribution in [0.3, 0.4) is 0 Å². The van der Waals surface area contributed by atoms with E-state index in [2.05, 4.69) is 10.1 Å². The third-order valence-electron chi connectivity index (χ3n) is 4.53. The van der Waals surface area contributed by atoms with E-state index in [0.717, 1.165) is 22.8 Å². The molecular weight excluding hydrogens is 412 g/mol. The van der Waals surface area contributed by atoms with Gasteiger partial charge in [-0.3, -0.25) is 9.20 Å². The van der Waals surface area contributed by atoms with Gasteiger partial charge in [-0.1, -0.05) is 11.6 Å². The SMILES string of the molecule is Cc1nn(-c2ccc(C(=O)OCc3cc(=O)n4c(C)csc4n3)cc2)c(C)c1Cl. The van der Waals surface area contributed by atoms with Crippen LogP contribution >= 0.6 is 22.9 Å². The molecule has 0 fully saturated rings. The molecule has 7 nitrogen and oxygen atoms in total. The van der Waals surface area contributed by atoms with Crippen LogP contribution in [0.4, 0.5) is 0 Å². The van der Waals surface area contributed by atoms with Gasteiger partial charge in [-0.2, -0.15) is 5.10 Å². The van der Waals surface area contributed by atoms with Crippen LogP contribution in [0.2, 0.25) is 5.02 Å². The van der Waals surface area contributed by atoms with Gasteiger partial charge in [0, 0.05) is 17.1 Å². The second-order valence-corrected chi connectivity index (χ2v) is 7.81. The van der Waals surface area contributed by atoms with Crippen LogP contribution in [-0.2, 0) is 11.3 Å². The van der Waals surface area contributed by atoms with E-state index >= 15 is 0 Å². The molecule has 3 heterocycles. The van der Waals surface area contributed by atoms with Crippen LogP contribution < -0.4 is 5.56 Å². The van der Waals surface area contributed by atoms with Crippen molar-refractivity contribution in [2.75, 3.05) is 0 Å². The molecule has 4 aromatic rings. The quantitative estimate of drug-likeness (QED) is 0.461. The largest absolute Gasteiger partial charge is 0.456 e. The Morgan fingerprint density at radius 2 is 1.93 bits per heavy atom. The number of carbonyl (C=O) groups excluding carboxylic acids is 1. The first kappa shape index (κ1) is 19.4. The molecule has 0 saturated heterocycles. The summed E-state index contributed by atoms with van der Waals surface area (Å²) in [5, 5.41) is 6.87. The molecule has 0 aliphatic rings. The Hall–Kier alpha value is -2.97. The topological polar surface area (TPSA) is 78.5 Å². The number of esters is 1. The van der Waals surface area contributed by atoms with Gasteiger partial charge in [-0.05, 0) is 45.0 Å². The first-order chi connectivity index (χ1) is 13.8. The number of halogens is 1. The molecule has 0 amide bonds. The number of fused-ring (bicyclic) bond motifs is 1. The van der Waals surface area contributed by atoms with Crippen LogP contribution in [0.1, 0.15) is 33.1 Å². The minimum absolute atomic E-state index is 0.0731. The molecule has 0 spiro atoms. The first-order valence-corrected chi connectivity index (χ1v) is 10.1. The summed E-state index contributed by atoms with van der Waals surface area (Å²) in [6.45, 7) is 5.49. The lowest BCUT2D eigenvalue weighted by Crippen LogP contribution is -2.16. The number of thiazole rings is 1. The van der Waals surface area contributed by atoms with Gasteiger partial charge in [-0.25, -0.2) is 14.5 Å². The van der Waals surface area contributed by atoms with Crippen molar-refractivity contribution in [2.24, 2.45) is 0 Å². The third kappa shape index (κ3) is 3.56. The molecular formula is C20H17ClN4O3S. The number of hydrogen-bond donors (Lipinski definition) is 0. The summed E-state index contributed by atoms with van der Waals surface area (Å²) in [6, 6.07) is 8.26. The fourth-order valence-electron chi connectivity index (χ4n) is 3.01. The van der Waals surface area contributed by atoms with Crippen molar-refractivity contribution in [3.05, 3.63) is 79.4 Å². The summed E-state index contributed by atoms with van der Waals surface area (Å²) in [4.78, 5) is 29.5. The summed E-state index contributed by atoms with van der Waals surface area (Å²) in [5.41, 5.74) is 3.82. The number of hydrogen-bond acceptors (Lipinski definition) is 6. The Labute approximate surface area is 175 Å². The molecule has 4 rings (SSSR count). The van der Waals surface area contributed by atoms with E-state index in [1.807, 2.05) is 26.2 Å². The summed E-state index contributed by atoms with van der Waals surface area (Å²) in [5.74, 6) is -0.493. The number of aryl methyl sites for hydroxylation is 2. The highest BCUT2D eigenvalue weighted by Crippen LogP contribution is 2.22. The maximum Gasteiger partial charge on any atom is 0.338 e. The number of rotatable bonds is 4. The fourth-order valence-corrected chi connectivity index (χ4v) is 4.02. The zero-order valence-electron chi connectivity index (χ0n) is 16.0. The molecule has 0 atom stereocenters. The maximum atomic E-state index is 12.4. The van der Waals surface area contributed by atoms with Crippen molar-refractivity contribution in [2.45, 2.75) is 27.4 Å².